The maximum absolute atomic E-state index is 12.7. The number of amides is 3. The van der Waals surface area contributed by atoms with Crippen LogP contribution in [0.3, 0.4) is 0 Å². The monoisotopic (exact) mass is 540 g/mol. The maximum Gasteiger partial charge on any atom is 0.339 e. The average molecular weight is 542 g/mol. The number of benzene rings is 2. The number of ether oxygens (including phenoxy) is 1. The molecule has 1 heterocycles. The number of thioether (sulfide) groups is 1. The van der Waals surface area contributed by atoms with Crippen LogP contribution in [0.2, 0.25) is 15.1 Å². The van der Waals surface area contributed by atoms with Crippen molar-refractivity contribution in [2.75, 3.05) is 18.5 Å². The molecule has 1 aliphatic rings. The molecule has 0 aliphatic carbocycles. The number of rotatable bonds is 8. The van der Waals surface area contributed by atoms with E-state index in [1.165, 1.54) is 24.3 Å². The fourth-order valence-corrected chi connectivity index (χ4v) is 4.43. The highest BCUT2D eigenvalue weighted by Gasteiger charge is 2.36. The molecule has 0 bridgehead atoms. The standard InChI is InChI=1S/C23H19Cl3N2O5S/c1-2-3-9-33-22(31)15-10-13(7-8-18(15)26)27-20(29)12-28-21(30)19(34-23(28)32)11-14-16(24)5-4-6-17(14)25/h4-8,10-11H,2-3,9,12H2,1H3,(H,27,29)/b19-11+. The third kappa shape index (κ3) is 6.33. The normalized spacial score (nSPS) is 14.6. The molecule has 0 saturated carbocycles. The Morgan fingerprint density at radius 2 is 1.79 bits per heavy atom. The van der Waals surface area contributed by atoms with Crippen molar-refractivity contribution in [3.05, 3.63) is 67.5 Å². The minimum absolute atomic E-state index is 0.0939. The van der Waals surface area contributed by atoms with E-state index in [1.54, 1.807) is 18.2 Å². The van der Waals surface area contributed by atoms with E-state index < -0.39 is 29.6 Å². The summed E-state index contributed by atoms with van der Waals surface area (Å²) in [7, 11) is 0. The predicted molar refractivity (Wildman–Crippen MR) is 134 cm³/mol. The first-order valence-electron chi connectivity index (χ1n) is 10.2. The van der Waals surface area contributed by atoms with Crippen LogP contribution in [0, 0.1) is 0 Å². The Bertz CT molecular complexity index is 1160. The van der Waals surface area contributed by atoms with E-state index >= 15 is 0 Å². The molecule has 1 saturated heterocycles. The van der Waals surface area contributed by atoms with Crippen molar-refractivity contribution in [3.63, 3.8) is 0 Å². The maximum atomic E-state index is 12.7. The summed E-state index contributed by atoms with van der Waals surface area (Å²) in [5, 5.41) is 2.78. The predicted octanol–water partition coefficient (Wildman–Crippen LogP) is 6.28. The van der Waals surface area contributed by atoms with Crippen molar-refractivity contribution in [2.45, 2.75) is 19.8 Å². The van der Waals surface area contributed by atoms with Gasteiger partial charge < -0.3 is 10.1 Å². The average Bonchev–Trinajstić information content (AvgIpc) is 3.05. The number of esters is 1. The topological polar surface area (TPSA) is 92.8 Å². The summed E-state index contributed by atoms with van der Waals surface area (Å²) in [6, 6.07) is 9.20. The van der Waals surface area contributed by atoms with Crippen LogP contribution in [-0.2, 0) is 14.3 Å². The van der Waals surface area contributed by atoms with Gasteiger partial charge in [-0.1, -0.05) is 54.2 Å². The molecule has 34 heavy (non-hydrogen) atoms. The van der Waals surface area contributed by atoms with Crippen molar-refractivity contribution >= 4 is 81.4 Å². The summed E-state index contributed by atoms with van der Waals surface area (Å²) in [6.45, 7) is 1.71. The molecule has 1 aliphatic heterocycles. The summed E-state index contributed by atoms with van der Waals surface area (Å²) in [4.78, 5) is 50.7. The molecule has 0 atom stereocenters. The molecule has 0 unspecified atom stereocenters. The minimum Gasteiger partial charge on any atom is -0.462 e. The Hall–Kier alpha value is -2.52. The largest absolute Gasteiger partial charge is 0.462 e. The first-order valence-corrected chi connectivity index (χ1v) is 12.1. The fourth-order valence-electron chi connectivity index (χ4n) is 2.91. The highest BCUT2D eigenvalue weighted by Crippen LogP contribution is 2.35. The number of nitrogens with zero attached hydrogens (tertiary/aromatic N) is 1. The number of imide groups is 1. The number of nitrogens with one attached hydrogen (secondary N) is 1. The number of unbranched alkanes of at least 4 members (excludes halogenated alkanes) is 1. The van der Waals surface area contributed by atoms with Crippen LogP contribution in [0.4, 0.5) is 10.5 Å². The molecule has 178 valence electrons. The van der Waals surface area contributed by atoms with Crippen LogP contribution >= 0.6 is 46.6 Å². The summed E-state index contributed by atoms with van der Waals surface area (Å²) in [6.07, 6.45) is 3.00. The molecule has 0 radical (unpaired) electrons. The summed E-state index contributed by atoms with van der Waals surface area (Å²) in [5.41, 5.74) is 0.767. The number of halogens is 3. The molecule has 2 aromatic rings. The Morgan fingerprint density at radius 1 is 1.09 bits per heavy atom. The van der Waals surface area contributed by atoms with Crippen molar-refractivity contribution < 1.29 is 23.9 Å². The lowest BCUT2D eigenvalue weighted by atomic mass is 10.2. The molecule has 0 aromatic heterocycles. The van der Waals surface area contributed by atoms with E-state index in [0.29, 0.717) is 27.4 Å². The lowest BCUT2D eigenvalue weighted by Gasteiger charge is -2.13. The Labute approximate surface area is 215 Å². The molecule has 0 spiro atoms. The van der Waals surface area contributed by atoms with E-state index in [9.17, 15) is 19.2 Å². The van der Waals surface area contributed by atoms with Gasteiger partial charge in [-0.05, 0) is 54.6 Å². The van der Waals surface area contributed by atoms with Gasteiger partial charge in [0.15, 0.2) is 0 Å². The van der Waals surface area contributed by atoms with Gasteiger partial charge in [0.1, 0.15) is 6.54 Å². The lowest BCUT2D eigenvalue weighted by molar-refractivity contribution is -0.127. The summed E-state index contributed by atoms with van der Waals surface area (Å²) in [5.74, 6) is -1.88. The van der Waals surface area contributed by atoms with Crippen molar-refractivity contribution in [1.82, 2.24) is 4.90 Å². The summed E-state index contributed by atoms with van der Waals surface area (Å²) >= 11 is 19.0. The second kappa shape index (κ2) is 11.8. The molecule has 11 heteroatoms. The van der Waals surface area contributed by atoms with Crippen LogP contribution in [0.15, 0.2) is 41.3 Å². The van der Waals surface area contributed by atoms with Gasteiger partial charge in [-0.25, -0.2) is 4.79 Å². The molecule has 2 aromatic carbocycles. The SMILES string of the molecule is CCCCOC(=O)c1cc(NC(=O)CN2C(=O)S/C(=C/c3c(Cl)cccc3Cl)C2=O)ccc1Cl. The Morgan fingerprint density at radius 3 is 2.47 bits per heavy atom. The van der Waals surface area contributed by atoms with Gasteiger partial charge in [-0.2, -0.15) is 0 Å². The van der Waals surface area contributed by atoms with Gasteiger partial charge >= 0.3 is 5.97 Å². The van der Waals surface area contributed by atoms with E-state index in [-0.39, 0.29) is 27.8 Å². The highest BCUT2D eigenvalue weighted by atomic mass is 35.5. The minimum atomic E-state index is -0.641. The van der Waals surface area contributed by atoms with Gasteiger partial charge in [0.2, 0.25) is 5.91 Å². The third-order valence-electron chi connectivity index (χ3n) is 4.65. The molecule has 7 nitrogen and oxygen atoms in total. The highest BCUT2D eigenvalue weighted by molar-refractivity contribution is 8.18. The van der Waals surface area contributed by atoms with E-state index in [0.717, 1.165) is 17.7 Å². The van der Waals surface area contributed by atoms with Crippen LogP contribution in [-0.4, -0.2) is 41.1 Å². The fraction of sp³-hybridized carbons (Fsp3) is 0.217. The number of carbonyl (C=O) groups excluding carboxylic acids is 4. The second-order valence-corrected chi connectivity index (χ2v) is 9.35. The van der Waals surface area contributed by atoms with E-state index in [2.05, 4.69) is 5.32 Å². The molecule has 1 N–H and O–H groups in total. The van der Waals surface area contributed by atoms with Crippen molar-refractivity contribution in [3.8, 4) is 0 Å². The molecule has 3 amide bonds. The third-order valence-corrected chi connectivity index (χ3v) is 6.55. The van der Waals surface area contributed by atoms with Gasteiger partial charge in [0.05, 0.1) is 22.1 Å². The van der Waals surface area contributed by atoms with Gasteiger partial charge in [0.25, 0.3) is 11.1 Å². The number of carbonyl (C=O) groups is 4. The smallest absolute Gasteiger partial charge is 0.339 e. The number of hydrogen-bond donors (Lipinski definition) is 1. The molecule has 1 fully saturated rings. The van der Waals surface area contributed by atoms with Crippen LogP contribution in [0.1, 0.15) is 35.7 Å². The van der Waals surface area contributed by atoms with Gasteiger partial charge in [-0.3, -0.25) is 19.3 Å². The van der Waals surface area contributed by atoms with Gasteiger partial charge in [0, 0.05) is 21.3 Å². The summed E-state index contributed by atoms with van der Waals surface area (Å²) < 4.78 is 5.16. The van der Waals surface area contributed by atoms with Crippen LogP contribution < -0.4 is 5.32 Å². The zero-order chi connectivity index (χ0) is 24.8. The second-order valence-electron chi connectivity index (χ2n) is 7.14. The molecular formula is C23H19Cl3N2O5S. The van der Waals surface area contributed by atoms with Crippen molar-refractivity contribution in [1.29, 1.82) is 0 Å². The van der Waals surface area contributed by atoms with Crippen LogP contribution in [0.5, 0.6) is 0 Å². The molecular weight excluding hydrogens is 523 g/mol. The number of anilines is 1. The van der Waals surface area contributed by atoms with E-state index in [1.807, 2.05) is 6.92 Å². The Balaban J connectivity index is 1.69. The Kier molecular flexibility index (Phi) is 9.02. The zero-order valence-electron chi connectivity index (χ0n) is 17.9. The zero-order valence-corrected chi connectivity index (χ0v) is 21.0. The molecule has 3 rings (SSSR count). The lowest BCUT2D eigenvalue weighted by Crippen LogP contribution is -2.36. The van der Waals surface area contributed by atoms with Crippen molar-refractivity contribution in [2.24, 2.45) is 0 Å². The first-order chi connectivity index (χ1) is 16.2. The van der Waals surface area contributed by atoms with E-state index in [4.69, 9.17) is 39.5 Å². The number of hydrogen-bond acceptors (Lipinski definition) is 6. The first kappa shape index (κ1) is 26.1. The van der Waals surface area contributed by atoms with Gasteiger partial charge in [-0.15, -0.1) is 0 Å². The van der Waals surface area contributed by atoms with Crippen LogP contribution in [0.25, 0.3) is 6.08 Å². The quantitative estimate of drug-likeness (QED) is 0.240.